The first-order chi connectivity index (χ1) is 9.88. The molecule has 0 fully saturated rings. The maximum atomic E-state index is 13.2. The third-order valence-electron chi connectivity index (χ3n) is 2.82. The van der Waals surface area contributed by atoms with E-state index in [1.54, 1.807) is 6.92 Å². The van der Waals surface area contributed by atoms with Gasteiger partial charge in [0.25, 0.3) is 11.6 Å². The molecule has 1 amide bonds. The molecule has 0 unspecified atom stereocenters. The van der Waals surface area contributed by atoms with Crippen LogP contribution in [-0.4, -0.2) is 10.8 Å². The summed E-state index contributed by atoms with van der Waals surface area (Å²) in [5.41, 5.74) is 0.880. The van der Waals surface area contributed by atoms with Crippen LogP contribution >= 0.6 is 22.6 Å². The number of nitro groups is 1. The number of amides is 1. The minimum atomic E-state index is -0.561. The Morgan fingerprint density at radius 1 is 1.29 bits per heavy atom. The fraction of sp³-hybridized carbons (Fsp3) is 0.0714. The number of anilines is 1. The highest BCUT2D eigenvalue weighted by Crippen LogP contribution is 2.21. The zero-order valence-electron chi connectivity index (χ0n) is 10.9. The van der Waals surface area contributed by atoms with Crippen molar-refractivity contribution >= 4 is 39.9 Å². The number of nitrogens with zero attached hydrogens (tertiary/aromatic N) is 1. The fourth-order valence-corrected chi connectivity index (χ4v) is 2.30. The second kappa shape index (κ2) is 6.17. The maximum absolute atomic E-state index is 13.2. The van der Waals surface area contributed by atoms with Crippen molar-refractivity contribution in [1.29, 1.82) is 0 Å². The number of carbonyl (C=O) groups excluding carboxylic acids is 1. The molecule has 108 valence electrons. The Labute approximate surface area is 133 Å². The minimum absolute atomic E-state index is 0.157. The molecule has 0 aliphatic carbocycles. The van der Waals surface area contributed by atoms with Crippen molar-refractivity contribution in [1.82, 2.24) is 0 Å². The predicted molar refractivity (Wildman–Crippen MR) is 84.9 cm³/mol. The number of hydrogen-bond acceptors (Lipinski definition) is 3. The van der Waals surface area contributed by atoms with Crippen molar-refractivity contribution in [3.05, 3.63) is 67.0 Å². The minimum Gasteiger partial charge on any atom is -0.322 e. The predicted octanol–water partition coefficient (Wildman–Crippen LogP) is 3.90. The third kappa shape index (κ3) is 3.54. The second-order valence-electron chi connectivity index (χ2n) is 4.34. The standard InChI is InChI=1S/C14H10FIN2O3/c1-8-6-9(2-4-12(8)15)17-14(19)11-7-10(18(20)21)3-5-13(11)16/h2-7H,1H3,(H,17,19). The lowest BCUT2D eigenvalue weighted by Crippen LogP contribution is -2.14. The van der Waals surface area contributed by atoms with Gasteiger partial charge in [-0.3, -0.25) is 14.9 Å². The molecule has 0 aromatic heterocycles. The first-order valence-electron chi connectivity index (χ1n) is 5.90. The summed E-state index contributed by atoms with van der Waals surface area (Å²) in [6, 6.07) is 8.24. The molecule has 2 aromatic carbocycles. The molecule has 0 bridgehead atoms. The van der Waals surface area contributed by atoms with E-state index >= 15 is 0 Å². The van der Waals surface area contributed by atoms with E-state index in [0.29, 0.717) is 14.8 Å². The summed E-state index contributed by atoms with van der Waals surface area (Å²) in [4.78, 5) is 22.4. The van der Waals surface area contributed by atoms with Gasteiger partial charge in [0.15, 0.2) is 0 Å². The van der Waals surface area contributed by atoms with E-state index in [-0.39, 0.29) is 17.1 Å². The highest BCUT2D eigenvalue weighted by atomic mass is 127. The number of aryl methyl sites for hydroxylation is 1. The molecular weight excluding hydrogens is 390 g/mol. The highest BCUT2D eigenvalue weighted by molar-refractivity contribution is 14.1. The van der Waals surface area contributed by atoms with Crippen molar-refractivity contribution in [2.24, 2.45) is 0 Å². The molecule has 0 atom stereocenters. The van der Waals surface area contributed by atoms with Crippen LogP contribution in [0.1, 0.15) is 15.9 Å². The molecule has 0 heterocycles. The molecule has 5 nitrogen and oxygen atoms in total. The van der Waals surface area contributed by atoms with Gasteiger partial charge in [-0.2, -0.15) is 0 Å². The van der Waals surface area contributed by atoms with Gasteiger partial charge in [-0.25, -0.2) is 4.39 Å². The monoisotopic (exact) mass is 400 g/mol. The molecule has 0 saturated heterocycles. The molecule has 7 heteroatoms. The van der Waals surface area contributed by atoms with E-state index in [1.807, 2.05) is 22.6 Å². The summed E-state index contributed by atoms with van der Waals surface area (Å²) in [5.74, 6) is -0.841. The summed E-state index contributed by atoms with van der Waals surface area (Å²) in [6.45, 7) is 1.59. The average Bonchev–Trinajstić information content (AvgIpc) is 2.43. The Kier molecular flexibility index (Phi) is 4.51. The van der Waals surface area contributed by atoms with Crippen LogP contribution in [0.2, 0.25) is 0 Å². The Morgan fingerprint density at radius 3 is 2.62 bits per heavy atom. The Bertz CT molecular complexity index is 734. The summed E-state index contributed by atoms with van der Waals surface area (Å²) < 4.78 is 13.8. The van der Waals surface area contributed by atoms with Crippen molar-refractivity contribution in [3.8, 4) is 0 Å². The second-order valence-corrected chi connectivity index (χ2v) is 5.50. The number of non-ortho nitro benzene ring substituents is 1. The number of benzene rings is 2. The van der Waals surface area contributed by atoms with Crippen LogP contribution in [0.3, 0.4) is 0 Å². The number of halogens is 2. The normalized spacial score (nSPS) is 10.2. The quantitative estimate of drug-likeness (QED) is 0.483. The van der Waals surface area contributed by atoms with Gasteiger partial charge in [0.1, 0.15) is 5.82 Å². The van der Waals surface area contributed by atoms with Gasteiger partial charge in [0.05, 0.1) is 10.5 Å². The topological polar surface area (TPSA) is 72.2 Å². The van der Waals surface area contributed by atoms with Crippen molar-refractivity contribution in [3.63, 3.8) is 0 Å². The molecule has 2 rings (SSSR count). The highest BCUT2D eigenvalue weighted by Gasteiger charge is 2.15. The van der Waals surface area contributed by atoms with E-state index in [0.717, 1.165) is 0 Å². The van der Waals surface area contributed by atoms with Gasteiger partial charge in [0.2, 0.25) is 0 Å². The van der Waals surface area contributed by atoms with Crippen molar-refractivity contribution in [2.45, 2.75) is 6.92 Å². The van der Waals surface area contributed by atoms with Crippen LogP contribution in [-0.2, 0) is 0 Å². The number of nitrogens with one attached hydrogen (secondary N) is 1. The molecule has 1 N–H and O–H groups in total. The van der Waals surface area contributed by atoms with Gasteiger partial charge >= 0.3 is 0 Å². The smallest absolute Gasteiger partial charge is 0.270 e. The van der Waals surface area contributed by atoms with Gasteiger partial charge < -0.3 is 5.32 Å². The molecular formula is C14H10FIN2O3. The zero-order valence-corrected chi connectivity index (χ0v) is 13.0. The SMILES string of the molecule is Cc1cc(NC(=O)c2cc([N+](=O)[O-])ccc2I)ccc1F. The first kappa shape index (κ1) is 15.4. The fourth-order valence-electron chi connectivity index (χ4n) is 1.72. The molecule has 21 heavy (non-hydrogen) atoms. The van der Waals surface area contributed by atoms with Crippen LogP contribution in [0.4, 0.5) is 15.8 Å². The molecule has 0 aliphatic rings. The van der Waals surface area contributed by atoms with E-state index < -0.39 is 10.8 Å². The Hall–Kier alpha value is -2.03. The van der Waals surface area contributed by atoms with E-state index in [4.69, 9.17) is 0 Å². The van der Waals surface area contributed by atoms with Gasteiger partial charge in [-0.15, -0.1) is 0 Å². The number of carbonyl (C=O) groups is 1. The van der Waals surface area contributed by atoms with Crippen LogP contribution in [0.25, 0.3) is 0 Å². The summed E-state index contributed by atoms with van der Waals surface area (Å²) in [7, 11) is 0. The Morgan fingerprint density at radius 2 is 2.00 bits per heavy atom. The lowest BCUT2D eigenvalue weighted by Gasteiger charge is -2.08. The van der Waals surface area contributed by atoms with Crippen LogP contribution in [0.5, 0.6) is 0 Å². The third-order valence-corrected chi connectivity index (χ3v) is 3.76. The van der Waals surface area contributed by atoms with Crippen molar-refractivity contribution in [2.75, 3.05) is 5.32 Å². The van der Waals surface area contributed by atoms with Gasteiger partial charge in [-0.1, -0.05) is 0 Å². The zero-order chi connectivity index (χ0) is 15.6. The molecule has 0 spiro atoms. The van der Waals surface area contributed by atoms with E-state index in [1.165, 1.54) is 36.4 Å². The van der Waals surface area contributed by atoms with E-state index in [9.17, 15) is 19.3 Å². The van der Waals surface area contributed by atoms with Crippen molar-refractivity contribution < 1.29 is 14.1 Å². The van der Waals surface area contributed by atoms with Gasteiger partial charge in [-0.05, 0) is 59.3 Å². The largest absolute Gasteiger partial charge is 0.322 e. The number of hydrogen-bond donors (Lipinski definition) is 1. The van der Waals surface area contributed by atoms with Gasteiger partial charge in [0, 0.05) is 21.4 Å². The molecule has 0 aliphatic heterocycles. The maximum Gasteiger partial charge on any atom is 0.270 e. The lowest BCUT2D eigenvalue weighted by molar-refractivity contribution is -0.384. The molecule has 2 aromatic rings. The Balaban J connectivity index is 2.29. The summed E-state index contributed by atoms with van der Waals surface area (Å²) in [6.07, 6.45) is 0. The number of rotatable bonds is 3. The van der Waals surface area contributed by atoms with E-state index in [2.05, 4.69) is 5.32 Å². The molecule has 0 saturated carbocycles. The van der Waals surface area contributed by atoms with Crippen LogP contribution in [0, 0.1) is 26.4 Å². The average molecular weight is 400 g/mol. The molecule has 0 radical (unpaired) electrons. The lowest BCUT2D eigenvalue weighted by atomic mass is 10.1. The first-order valence-corrected chi connectivity index (χ1v) is 6.98. The number of nitro benzene ring substituents is 1. The van der Waals surface area contributed by atoms with Crippen LogP contribution in [0.15, 0.2) is 36.4 Å². The van der Waals surface area contributed by atoms with Crippen LogP contribution < -0.4 is 5.32 Å². The summed E-state index contributed by atoms with van der Waals surface area (Å²) >= 11 is 1.93. The summed E-state index contributed by atoms with van der Waals surface area (Å²) in [5, 5.41) is 13.4.